The summed E-state index contributed by atoms with van der Waals surface area (Å²) in [5, 5.41) is 4.18. The summed E-state index contributed by atoms with van der Waals surface area (Å²) in [5.41, 5.74) is 1.97. The van der Waals surface area contributed by atoms with Crippen molar-refractivity contribution in [3.8, 4) is 5.69 Å². The molecule has 0 amide bonds. The minimum absolute atomic E-state index is 0.0974. The van der Waals surface area contributed by atoms with E-state index < -0.39 is 24.2 Å². The number of esters is 1. The average Bonchev–Trinajstić information content (AvgIpc) is 3.06. The monoisotopic (exact) mass is 338 g/mol. The van der Waals surface area contributed by atoms with Crippen molar-refractivity contribution < 1.29 is 18.7 Å². The van der Waals surface area contributed by atoms with Crippen molar-refractivity contribution in [1.82, 2.24) is 9.78 Å². The molecule has 3 aromatic rings. The molecule has 126 valence electrons. The molecule has 0 aliphatic carbocycles. The van der Waals surface area contributed by atoms with Crippen molar-refractivity contribution in [3.05, 3.63) is 83.4 Å². The van der Waals surface area contributed by atoms with Crippen LogP contribution in [0.2, 0.25) is 0 Å². The molecule has 0 saturated heterocycles. The molecule has 0 unspecified atom stereocenters. The highest BCUT2D eigenvalue weighted by atomic mass is 19.1. The summed E-state index contributed by atoms with van der Waals surface area (Å²) in [6.07, 6.45) is 1.69. The molecule has 0 spiro atoms. The second-order valence-electron chi connectivity index (χ2n) is 5.41. The maximum atomic E-state index is 13.5. The summed E-state index contributed by atoms with van der Waals surface area (Å²) in [6.45, 7) is 1.41. The largest absolute Gasteiger partial charge is 0.454 e. The van der Waals surface area contributed by atoms with Gasteiger partial charge in [-0.1, -0.05) is 12.1 Å². The van der Waals surface area contributed by atoms with Gasteiger partial charge in [-0.25, -0.2) is 13.9 Å². The fourth-order valence-corrected chi connectivity index (χ4v) is 2.36. The summed E-state index contributed by atoms with van der Waals surface area (Å²) in [6, 6.07) is 14.1. The number of carbonyl (C=O) groups is 2. The molecule has 0 fully saturated rings. The number of ether oxygens (including phenoxy) is 1. The number of Topliss-reactive ketones (excluding diaryl/α,β-unsaturated/α-hetero) is 1. The van der Waals surface area contributed by atoms with Crippen LogP contribution in [0.3, 0.4) is 0 Å². The Kier molecular flexibility index (Phi) is 4.70. The zero-order valence-electron chi connectivity index (χ0n) is 13.5. The van der Waals surface area contributed by atoms with Gasteiger partial charge in [0, 0.05) is 11.9 Å². The van der Waals surface area contributed by atoms with Crippen molar-refractivity contribution in [2.75, 3.05) is 6.61 Å². The Labute approximate surface area is 143 Å². The van der Waals surface area contributed by atoms with Gasteiger partial charge in [0.05, 0.1) is 16.8 Å². The van der Waals surface area contributed by atoms with Gasteiger partial charge in [-0.15, -0.1) is 0 Å². The topological polar surface area (TPSA) is 61.2 Å². The van der Waals surface area contributed by atoms with E-state index in [9.17, 15) is 14.0 Å². The number of hydrogen-bond donors (Lipinski definition) is 0. The van der Waals surface area contributed by atoms with Gasteiger partial charge in [0.2, 0.25) is 5.78 Å². The zero-order chi connectivity index (χ0) is 17.8. The molecule has 1 heterocycles. The van der Waals surface area contributed by atoms with Gasteiger partial charge in [0.25, 0.3) is 0 Å². The third-order valence-electron chi connectivity index (χ3n) is 3.69. The van der Waals surface area contributed by atoms with E-state index in [4.69, 9.17) is 4.74 Å². The van der Waals surface area contributed by atoms with Crippen LogP contribution in [0.1, 0.15) is 26.4 Å². The smallest absolute Gasteiger partial charge is 0.338 e. The Morgan fingerprint density at radius 1 is 1.08 bits per heavy atom. The van der Waals surface area contributed by atoms with Crippen LogP contribution in [0.15, 0.2) is 60.8 Å². The molecular formula is C19H15FN2O3. The number of hydrogen-bond acceptors (Lipinski definition) is 4. The van der Waals surface area contributed by atoms with Crippen molar-refractivity contribution in [2.24, 2.45) is 0 Å². The molecule has 0 aliphatic heterocycles. The lowest BCUT2D eigenvalue weighted by Crippen LogP contribution is -2.15. The molecule has 0 aliphatic rings. The number of carbonyl (C=O) groups excluding carboxylic acids is 2. The third-order valence-corrected chi connectivity index (χ3v) is 3.69. The van der Waals surface area contributed by atoms with E-state index in [0.29, 0.717) is 5.56 Å². The lowest BCUT2D eigenvalue weighted by atomic mass is 10.1. The van der Waals surface area contributed by atoms with Gasteiger partial charge in [0.15, 0.2) is 6.61 Å². The van der Waals surface area contributed by atoms with E-state index in [-0.39, 0.29) is 5.56 Å². The number of halogens is 1. The SMILES string of the molecule is Cc1ccnn1-c1ccc(C(=O)OCC(=O)c2ccccc2F)cc1. The Balaban J connectivity index is 1.65. The Morgan fingerprint density at radius 2 is 1.80 bits per heavy atom. The lowest BCUT2D eigenvalue weighted by molar-refractivity contribution is 0.0473. The van der Waals surface area contributed by atoms with Crippen LogP contribution in [-0.2, 0) is 4.74 Å². The summed E-state index contributed by atoms with van der Waals surface area (Å²) in [5.74, 6) is -1.87. The van der Waals surface area contributed by atoms with Crippen LogP contribution in [0, 0.1) is 12.7 Å². The van der Waals surface area contributed by atoms with Crippen LogP contribution >= 0.6 is 0 Å². The van der Waals surface area contributed by atoms with Gasteiger partial charge >= 0.3 is 5.97 Å². The van der Waals surface area contributed by atoms with Gasteiger partial charge in [0.1, 0.15) is 5.82 Å². The van der Waals surface area contributed by atoms with Gasteiger partial charge < -0.3 is 4.74 Å². The first kappa shape index (κ1) is 16.6. The van der Waals surface area contributed by atoms with Gasteiger partial charge in [-0.3, -0.25) is 4.79 Å². The fourth-order valence-electron chi connectivity index (χ4n) is 2.36. The van der Waals surface area contributed by atoms with E-state index in [2.05, 4.69) is 5.10 Å². The molecule has 6 heteroatoms. The number of aromatic nitrogens is 2. The van der Waals surface area contributed by atoms with E-state index in [1.165, 1.54) is 18.2 Å². The van der Waals surface area contributed by atoms with Crippen molar-refractivity contribution in [3.63, 3.8) is 0 Å². The first-order valence-electron chi connectivity index (χ1n) is 7.62. The molecular weight excluding hydrogens is 323 g/mol. The highest BCUT2D eigenvalue weighted by Gasteiger charge is 2.15. The maximum Gasteiger partial charge on any atom is 0.338 e. The molecule has 5 nitrogen and oxygen atoms in total. The van der Waals surface area contributed by atoms with Crippen LogP contribution in [0.5, 0.6) is 0 Å². The van der Waals surface area contributed by atoms with Crippen molar-refractivity contribution in [1.29, 1.82) is 0 Å². The van der Waals surface area contributed by atoms with Crippen LogP contribution in [0.25, 0.3) is 5.69 Å². The summed E-state index contributed by atoms with van der Waals surface area (Å²) >= 11 is 0. The standard InChI is InChI=1S/C19H15FN2O3/c1-13-10-11-21-22(13)15-8-6-14(7-9-15)19(24)25-12-18(23)16-4-2-3-5-17(16)20/h2-11H,12H2,1H3. The molecule has 3 rings (SSSR count). The number of ketones is 1. The normalized spacial score (nSPS) is 10.5. The molecule has 0 radical (unpaired) electrons. The molecule has 2 aromatic carbocycles. The Bertz CT molecular complexity index is 916. The number of rotatable bonds is 5. The predicted octanol–water partition coefficient (Wildman–Crippen LogP) is 3.36. The first-order chi connectivity index (χ1) is 12.1. The Morgan fingerprint density at radius 3 is 2.44 bits per heavy atom. The summed E-state index contributed by atoms with van der Waals surface area (Å²) < 4.78 is 20.2. The van der Waals surface area contributed by atoms with Crippen LogP contribution in [0.4, 0.5) is 4.39 Å². The third kappa shape index (κ3) is 3.63. The van der Waals surface area contributed by atoms with Gasteiger partial charge in [-0.05, 0) is 49.4 Å². The van der Waals surface area contributed by atoms with E-state index in [1.54, 1.807) is 41.2 Å². The predicted molar refractivity (Wildman–Crippen MR) is 89.3 cm³/mol. The first-order valence-corrected chi connectivity index (χ1v) is 7.62. The highest BCUT2D eigenvalue weighted by Crippen LogP contribution is 2.13. The highest BCUT2D eigenvalue weighted by molar-refractivity contribution is 5.99. The molecule has 0 atom stereocenters. The lowest BCUT2D eigenvalue weighted by Gasteiger charge is -2.07. The average molecular weight is 338 g/mol. The van der Waals surface area contributed by atoms with Gasteiger partial charge in [-0.2, -0.15) is 5.10 Å². The van der Waals surface area contributed by atoms with Crippen LogP contribution < -0.4 is 0 Å². The van der Waals surface area contributed by atoms with Crippen molar-refractivity contribution >= 4 is 11.8 Å². The van der Waals surface area contributed by atoms with Crippen LogP contribution in [-0.4, -0.2) is 28.1 Å². The summed E-state index contributed by atoms with van der Waals surface area (Å²) in [4.78, 5) is 24.0. The number of nitrogens with zero attached hydrogens (tertiary/aromatic N) is 2. The molecule has 1 aromatic heterocycles. The number of benzene rings is 2. The second kappa shape index (κ2) is 7.09. The molecule has 0 bridgehead atoms. The maximum absolute atomic E-state index is 13.5. The molecule has 0 N–H and O–H groups in total. The minimum atomic E-state index is -0.645. The van der Waals surface area contributed by atoms with Crippen molar-refractivity contribution in [2.45, 2.75) is 6.92 Å². The number of aryl methyl sites for hydroxylation is 1. The minimum Gasteiger partial charge on any atom is -0.454 e. The molecule has 25 heavy (non-hydrogen) atoms. The fraction of sp³-hybridized carbons (Fsp3) is 0.105. The second-order valence-corrected chi connectivity index (χ2v) is 5.41. The Hall–Kier alpha value is -3.28. The van der Waals surface area contributed by atoms with E-state index in [1.807, 2.05) is 13.0 Å². The molecule has 0 saturated carbocycles. The summed E-state index contributed by atoms with van der Waals surface area (Å²) in [7, 11) is 0. The quantitative estimate of drug-likeness (QED) is 0.529. The zero-order valence-corrected chi connectivity index (χ0v) is 13.5. The van der Waals surface area contributed by atoms with E-state index >= 15 is 0 Å². The van der Waals surface area contributed by atoms with E-state index in [0.717, 1.165) is 11.4 Å².